The molecule has 0 aromatic carbocycles. The Morgan fingerprint density at radius 3 is 2.83 bits per heavy atom. The number of hydrogen-bond acceptors (Lipinski definition) is 5. The van der Waals surface area contributed by atoms with Gasteiger partial charge in [-0.15, -0.1) is 0 Å². The van der Waals surface area contributed by atoms with Gasteiger partial charge in [0.05, 0.1) is 23.5 Å². The van der Waals surface area contributed by atoms with E-state index in [2.05, 4.69) is 35.1 Å². The molecule has 2 N–H and O–H groups in total. The molecule has 8 nitrogen and oxygen atoms in total. The third-order valence-corrected chi connectivity index (χ3v) is 5.13. The van der Waals surface area contributed by atoms with Crippen LogP contribution in [0, 0.1) is 5.92 Å². The van der Waals surface area contributed by atoms with Crippen LogP contribution in [-0.2, 0) is 16.1 Å². The molecule has 3 rings (SSSR count). The Kier molecular flexibility index (Phi) is 6.31. The molecule has 0 bridgehead atoms. The van der Waals surface area contributed by atoms with Gasteiger partial charge in [0.25, 0.3) is 5.56 Å². The fourth-order valence-electron chi connectivity index (χ4n) is 3.48. The lowest BCUT2D eigenvalue weighted by Gasteiger charge is -2.33. The third-order valence-electron chi connectivity index (χ3n) is 5.13. The summed E-state index contributed by atoms with van der Waals surface area (Å²) in [4.78, 5) is 41.9. The summed E-state index contributed by atoms with van der Waals surface area (Å²) >= 11 is 0. The molecule has 0 spiro atoms. The minimum Gasteiger partial charge on any atom is -0.480 e. The summed E-state index contributed by atoms with van der Waals surface area (Å²) in [5, 5.41) is 11.7. The van der Waals surface area contributed by atoms with E-state index in [1.54, 1.807) is 0 Å². The number of carbonyl (C=O) groups is 2. The number of aliphatic carboxylic acids is 1. The Bertz CT molecular complexity index is 954. The van der Waals surface area contributed by atoms with Crippen LogP contribution in [0.5, 0.6) is 0 Å². The highest BCUT2D eigenvalue weighted by Crippen LogP contribution is 2.26. The van der Waals surface area contributed by atoms with Crippen molar-refractivity contribution in [1.82, 2.24) is 9.55 Å². The van der Waals surface area contributed by atoms with Crippen molar-refractivity contribution in [1.29, 1.82) is 0 Å². The van der Waals surface area contributed by atoms with Crippen LogP contribution in [0.3, 0.4) is 0 Å². The molecule has 0 aliphatic carbocycles. The zero-order valence-electron chi connectivity index (χ0n) is 16.7. The van der Waals surface area contributed by atoms with E-state index in [4.69, 9.17) is 5.11 Å². The predicted molar refractivity (Wildman–Crippen MR) is 110 cm³/mol. The van der Waals surface area contributed by atoms with E-state index in [9.17, 15) is 14.4 Å². The maximum absolute atomic E-state index is 12.8. The molecule has 1 aliphatic rings. The molecule has 1 saturated heterocycles. The fraction of sp³-hybridized carbons (Fsp3) is 0.429. The minimum absolute atomic E-state index is 0.136. The second-order valence-electron chi connectivity index (χ2n) is 7.68. The van der Waals surface area contributed by atoms with E-state index in [-0.39, 0.29) is 11.8 Å². The van der Waals surface area contributed by atoms with Gasteiger partial charge in [0.1, 0.15) is 6.54 Å². The van der Waals surface area contributed by atoms with Crippen molar-refractivity contribution in [3.8, 4) is 0 Å². The first-order chi connectivity index (χ1) is 13.8. The quantitative estimate of drug-likeness (QED) is 0.774. The monoisotopic (exact) mass is 398 g/mol. The van der Waals surface area contributed by atoms with Gasteiger partial charge in [-0.3, -0.25) is 19.4 Å². The van der Waals surface area contributed by atoms with Crippen LogP contribution in [0.1, 0.15) is 38.2 Å². The van der Waals surface area contributed by atoms with Gasteiger partial charge in [-0.05, 0) is 36.5 Å². The lowest BCUT2D eigenvalue weighted by molar-refractivity contribution is -0.137. The summed E-state index contributed by atoms with van der Waals surface area (Å²) < 4.78 is 1.06. The van der Waals surface area contributed by atoms with Gasteiger partial charge < -0.3 is 19.9 Å². The predicted octanol–water partition coefficient (Wildman–Crippen LogP) is 2.31. The highest BCUT2D eigenvalue weighted by Gasteiger charge is 2.26. The van der Waals surface area contributed by atoms with Crippen molar-refractivity contribution in [2.45, 2.75) is 39.2 Å². The molecule has 8 heteroatoms. The number of nitrogens with one attached hydrogen (secondary N) is 1. The lowest BCUT2D eigenvalue weighted by Crippen LogP contribution is -2.41. The highest BCUT2D eigenvalue weighted by molar-refractivity contribution is 5.93. The van der Waals surface area contributed by atoms with Crippen LogP contribution in [0.4, 0.5) is 11.4 Å². The zero-order chi connectivity index (χ0) is 21.0. The Morgan fingerprint density at radius 2 is 2.10 bits per heavy atom. The van der Waals surface area contributed by atoms with E-state index >= 15 is 0 Å². The van der Waals surface area contributed by atoms with Crippen molar-refractivity contribution in [3.05, 3.63) is 52.7 Å². The Balaban J connectivity index is 1.69. The molecule has 0 radical (unpaired) electrons. The topological polar surface area (TPSA) is 105 Å². The first-order valence-corrected chi connectivity index (χ1v) is 9.76. The van der Waals surface area contributed by atoms with Crippen molar-refractivity contribution in [2.24, 2.45) is 5.92 Å². The van der Waals surface area contributed by atoms with Crippen LogP contribution < -0.4 is 15.8 Å². The Morgan fingerprint density at radius 1 is 1.31 bits per heavy atom. The number of carboxylic acid groups (broad SMARTS) is 1. The van der Waals surface area contributed by atoms with E-state index in [1.165, 1.54) is 18.3 Å². The third kappa shape index (κ3) is 5.22. The van der Waals surface area contributed by atoms with E-state index in [0.717, 1.165) is 35.2 Å². The number of anilines is 2. The Hall–Kier alpha value is -3.16. The van der Waals surface area contributed by atoms with Gasteiger partial charge in [-0.25, -0.2) is 0 Å². The van der Waals surface area contributed by atoms with Gasteiger partial charge in [0.2, 0.25) is 5.91 Å². The van der Waals surface area contributed by atoms with Crippen LogP contribution in [0.15, 0.2) is 41.6 Å². The smallest absolute Gasteiger partial charge is 0.323 e. The van der Waals surface area contributed by atoms with Gasteiger partial charge in [-0.2, -0.15) is 0 Å². The van der Waals surface area contributed by atoms with Crippen LogP contribution in [0.2, 0.25) is 0 Å². The molecule has 29 heavy (non-hydrogen) atoms. The fourth-order valence-corrected chi connectivity index (χ4v) is 3.48. The van der Waals surface area contributed by atoms with Crippen LogP contribution in [0.25, 0.3) is 0 Å². The van der Waals surface area contributed by atoms with Crippen LogP contribution >= 0.6 is 0 Å². The SMILES string of the molecule is CC(C)c1cncc(N2CCC[C@H](C(=O)Nc3ccc(=O)n(CC(=O)O)c3)C2)c1. The number of carboxylic acids is 1. The molecule has 1 atom stereocenters. The van der Waals surface area contributed by atoms with Crippen molar-refractivity contribution in [2.75, 3.05) is 23.3 Å². The van der Waals surface area contributed by atoms with Crippen molar-refractivity contribution in [3.63, 3.8) is 0 Å². The Labute approximate surface area is 169 Å². The van der Waals surface area contributed by atoms with Crippen molar-refractivity contribution >= 4 is 23.3 Å². The van der Waals surface area contributed by atoms with E-state index < -0.39 is 18.1 Å². The maximum atomic E-state index is 12.8. The largest absolute Gasteiger partial charge is 0.480 e. The first kappa shape index (κ1) is 20.6. The van der Waals surface area contributed by atoms with Gasteiger partial charge in [0, 0.05) is 31.5 Å². The number of piperidine rings is 1. The van der Waals surface area contributed by atoms with Crippen molar-refractivity contribution < 1.29 is 14.7 Å². The molecule has 1 fully saturated rings. The lowest BCUT2D eigenvalue weighted by atomic mass is 9.96. The first-order valence-electron chi connectivity index (χ1n) is 9.76. The van der Waals surface area contributed by atoms with E-state index in [1.807, 2.05) is 12.4 Å². The van der Waals surface area contributed by atoms with E-state index in [0.29, 0.717) is 18.2 Å². The number of nitrogens with zero attached hydrogens (tertiary/aromatic N) is 3. The molecule has 1 aliphatic heterocycles. The minimum atomic E-state index is -1.12. The average Bonchev–Trinajstić information content (AvgIpc) is 2.70. The molecule has 1 amide bonds. The summed E-state index contributed by atoms with van der Waals surface area (Å²) in [5.74, 6) is -1.07. The summed E-state index contributed by atoms with van der Waals surface area (Å²) in [6.07, 6.45) is 6.73. The molecule has 3 heterocycles. The normalized spacial score (nSPS) is 16.7. The summed E-state index contributed by atoms with van der Waals surface area (Å²) in [5.41, 5.74) is 2.17. The number of pyridine rings is 2. The van der Waals surface area contributed by atoms with Gasteiger partial charge >= 0.3 is 5.97 Å². The number of aromatic nitrogens is 2. The second kappa shape index (κ2) is 8.89. The summed E-state index contributed by atoms with van der Waals surface area (Å²) in [7, 11) is 0. The molecular weight excluding hydrogens is 372 g/mol. The molecule has 0 saturated carbocycles. The zero-order valence-corrected chi connectivity index (χ0v) is 16.7. The number of hydrogen-bond donors (Lipinski definition) is 2. The highest BCUT2D eigenvalue weighted by atomic mass is 16.4. The number of amides is 1. The average molecular weight is 398 g/mol. The summed E-state index contributed by atoms with van der Waals surface area (Å²) in [6.45, 7) is 5.26. The maximum Gasteiger partial charge on any atom is 0.323 e. The second-order valence-corrected chi connectivity index (χ2v) is 7.68. The van der Waals surface area contributed by atoms with Gasteiger partial charge in [0.15, 0.2) is 0 Å². The number of carbonyl (C=O) groups excluding carboxylic acids is 1. The van der Waals surface area contributed by atoms with Crippen LogP contribution in [-0.4, -0.2) is 39.6 Å². The summed E-state index contributed by atoms with van der Waals surface area (Å²) in [6, 6.07) is 4.88. The molecule has 2 aromatic rings. The molecule has 2 aromatic heterocycles. The molecular formula is C21H26N4O4. The molecule has 154 valence electrons. The van der Waals surface area contributed by atoms with Gasteiger partial charge in [-0.1, -0.05) is 13.8 Å². The molecule has 0 unspecified atom stereocenters. The standard InChI is InChI=1S/C21H26N4O4/c1-14(2)16-8-18(10-22-9-16)24-7-3-4-15(11-24)21(29)23-17-5-6-19(26)25(12-17)13-20(27)28/h5-6,8-10,12,14-15H,3-4,7,11,13H2,1-2H3,(H,23,29)(H,27,28)/t15-/m0/s1. The number of rotatable bonds is 6.